The molecule has 2 aliphatic heterocycles. The fourth-order valence-corrected chi connectivity index (χ4v) is 4.35. The molecule has 1 atom stereocenters. The van der Waals surface area contributed by atoms with E-state index in [0.29, 0.717) is 26.2 Å². The lowest BCUT2D eigenvalue weighted by Gasteiger charge is -2.44. The first kappa shape index (κ1) is 21.1. The number of benzene rings is 2. The third-order valence-corrected chi connectivity index (χ3v) is 6.05. The van der Waals surface area contributed by atoms with E-state index in [0.717, 1.165) is 35.3 Å². The van der Waals surface area contributed by atoms with Gasteiger partial charge in [-0.2, -0.15) is 0 Å². The smallest absolute Gasteiger partial charge is 0.234 e. The molecule has 1 fully saturated rings. The van der Waals surface area contributed by atoms with Crippen molar-refractivity contribution in [2.75, 3.05) is 33.9 Å². The zero-order valence-corrected chi connectivity index (χ0v) is 18.0. The summed E-state index contributed by atoms with van der Waals surface area (Å²) in [6.07, 6.45) is 2.26. The molecule has 1 N–H and O–H groups in total. The molecule has 2 aromatic carbocycles. The van der Waals surface area contributed by atoms with Crippen molar-refractivity contribution in [3.05, 3.63) is 52.8 Å². The van der Waals surface area contributed by atoms with Gasteiger partial charge < -0.3 is 19.7 Å². The highest BCUT2D eigenvalue weighted by Crippen LogP contribution is 2.45. The van der Waals surface area contributed by atoms with Crippen LogP contribution in [0.5, 0.6) is 5.75 Å². The van der Waals surface area contributed by atoms with E-state index >= 15 is 0 Å². The normalized spacial score (nSPS) is 20.0. The number of halogens is 2. The minimum Gasteiger partial charge on any atom is -0.487 e. The number of carbonyl (C=O) groups excluding carboxylic acids is 1. The minimum atomic E-state index is -0.458. The van der Waals surface area contributed by atoms with Gasteiger partial charge in [0.1, 0.15) is 17.2 Å². The van der Waals surface area contributed by atoms with Crippen molar-refractivity contribution >= 4 is 17.5 Å². The Balaban J connectivity index is 1.69. The van der Waals surface area contributed by atoms with Gasteiger partial charge in [0.25, 0.3) is 0 Å². The molecule has 2 heterocycles. The van der Waals surface area contributed by atoms with Crippen LogP contribution in [-0.2, 0) is 9.53 Å². The van der Waals surface area contributed by atoms with E-state index in [1.165, 1.54) is 6.07 Å². The summed E-state index contributed by atoms with van der Waals surface area (Å²) in [6, 6.07) is 10.4. The van der Waals surface area contributed by atoms with E-state index in [1.807, 2.05) is 37.2 Å². The van der Waals surface area contributed by atoms with Gasteiger partial charge in [-0.05, 0) is 49.5 Å². The van der Waals surface area contributed by atoms with Gasteiger partial charge in [-0.15, -0.1) is 0 Å². The van der Waals surface area contributed by atoms with Crippen molar-refractivity contribution in [3.8, 4) is 16.9 Å². The number of hydrogen-bond donors (Lipinski definition) is 1. The third kappa shape index (κ3) is 4.46. The van der Waals surface area contributed by atoms with Crippen LogP contribution in [0.1, 0.15) is 30.9 Å². The topological polar surface area (TPSA) is 50.8 Å². The van der Waals surface area contributed by atoms with Crippen molar-refractivity contribution in [2.45, 2.75) is 30.9 Å². The minimum absolute atomic E-state index is 0.0389. The average Bonchev–Trinajstić information content (AvgIpc) is 2.70. The Hall–Kier alpha value is -2.15. The molecule has 1 amide bonds. The standard InChI is InChI=1S/C23H26ClFN2O3/c1-27(2)14-22(28)26-20-13-23(7-9-29-10-8-23)30-21-6-4-15(11-17(20)21)16-3-5-18(24)19(25)12-16/h3-6,11-12,20H,7-10,13-14H2,1-2H3,(H,26,28). The molecule has 0 bridgehead atoms. The second-order valence-electron chi connectivity index (χ2n) is 8.34. The number of amides is 1. The molecule has 1 unspecified atom stereocenters. The first-order chi connectivity index (χ1) is 14.3. The van der Waals surface area contributed by atoms with Gasteiger partial charge >= 0.3 is 0 Å². The Morgan fingerprint density at radius 3 is 2.60 bits per heavy atom. The number of nitrogens with one attached hydrogen (secondary N) is 1. The van der Waals surface area contributed by atoms with E-state index in [1.54, 1.807) is 12.1 Å². The molecular weight excluding hydrogens is 407 g/mol. The number of fused-ring (bicyclic) bond motifs is 1. The van der Waals surface area contributed by atoms with Crippen molar-refractivity contribution in [2.24, 2.45) is 0 Å². The van der Waals surface area contributed by atoms with Gasteiger partial charge in [-0.1, -0.05) is 23.7 Å². The first-order valence-corrected chi connectivity index (χ1v) is 10.5. The first-order valence-electron chi connectivity index (χ1n) is 10.2. The Labute approximate surface area is 181 Å². The summed E-state index contributed by atoms with van der Waals surface area (Å²) in [4.78, 5) is 14.4. The number of nitrogens with zero attached hydrogens (tertiary/aromatic N) is 1. The highest BCUT2D eigenvalue weighted by atomic mass is 35.5. The van der Waals surface area contributed by atoms with Gasteiger partial charge in [0.2, 0.25) is 5.91 Å². The predicted octanol–water partition coefficient (Wildman–Crippen LogP) is 4.20. The lowest BCUT2D eigenvalue weighted by atomic mass is 9.81. The van der Waals surface area contributed by atoms with Crippen LogP contribution in [-0.4, -0.2) is 50.3 Å². The monoisotopic (exact) mass is 432 g/mol. The van der Waals surface area contributed by atoms with E-state index in [-0.39, 0.29) is 22.6 Å². The summed E-state index contributed by atoms with van der Waals surface area (Å²) >= 11 is 5.83. The molecule has 2 aliphatic rings. The highest BCUT2D eigenvalue weighted by molar-refractivity contribution is 6.30. The van der Waals surface area contributed by atoms with E-state index in [9.17, 15) is 9.18 Å². The third-order valence-electron chi connectivity index (χ3n) is 5.74. The van der Waals surface area contributed by atoms with Gasteiger partial charge in [0.15, 0.2) is 0 Å². The van der Waals surface area contributed by atoms with E-state index in [4.69, 9.17) is 21.1 Å². The Morgan fingerprint density at radius 2 is 1.90 bits per heavy atom. The molecular formula is C23H26ClFN2O3. The maximum Gasteiger partial charge on any atom is 0.234 e. The Morgan fingerprint density at radius 1 is 1.20 bits per heavy atom. The van der Waals surface area contributed by atoms with E-state index < -0.39 is 5.82 Å². The maximum atomic E-state index is 14.0. The summed E-state index contributed by atoms with van der Waals surface area (Å²) in [7, 11) is 3.73. The Kier molecular flexibility index (Phi) is 6.00. The predicted molar refractivity (Wildman–Crippen MR) is 114 cm³/mol. The molecule has 7 heteroatoms. The Bertz CT molecular complexity index is 944. The quantitative estimate of drug-likeness (QED) is 0.786. The van der Waals surface area contributed by atoms with Crippen LogP contribution in [0.15, 0.2) is 36.4 Å². The zero-order chi connectivity index (χ0) is 21.3. The molecule has 2 aromatic rings. The number of rotatable bonds is 4. The SMILES string of the molecule is CN(C)CC(=O)NC1CC2(CCOCC2)Oc2ccc(-c3ccc(Cl)c(F)c3)cc21. The van der Waals surface area contributed by atoms with Crippen LogP contribution >= 0.6 is 11.6 Å². The molecule has 4 rings (SSSR count). The average molecular weight is 433 g/mol. The van der Waals surface area contributed by atoms with Crippen LogP contribution in [0.2, 0.25) is 5.02 Å². The molecule has 30 heavy (non-hydrogen) atoms. The zero-order valence-electron chi connectivity index (χ0n) is 17.2. The molecule has 160 valence electrons. The molecule has 0 saturated carbocycles. The summed E-state index contributed by atoms with van der Waals surface area (Å²) < 4.78 is 26.0. The van der Waals surface area contributed by atoms with E-state index in [2.05, 4.69) is 5.32 Å². The summed E-state index contributed by atoms with van der Waals surface area (Å²) in [5.41, 5.74) is 2.15. The number of ether oxygens (including phenoxy) is 2. The summed E-state index contributed by atoms with van der Waals surface area (Å²) in [5, 5.41) is 3.27. The van der Waals surface area contributed by atoms with Crippen LogP contribution in [0.3, 0.4) is 0 Å². The lowest BCUT2D eigenvalue weighted by molar-refractivity contribution is -0.123. The van der Waals surface area contributed by atoms with Gasteiger partial charge in [-0.3, -0.25) is 4.79 Å². The molecule has 0 radical (unpaired) electrons. The van der Waals surface area contributed by atoms with Crippen LogP contribution < -0.4 is 10.1 Å². The molecule has 1 saturated heterocycles. The van der Waals surface area contributed by atoms with Gasteiger partial charge in [0, 0.05) is 24.8 Å². The van der Waals surface area contributed by atoms with Crippen LogP contribution in [0.25, 0.3) is 11.1 Å². The molecule has 0 aromatic heterocycles. The van der Waals surface area contributed by atoms with Crippen molar-refractivity contribution < 1.29 is 18.7 Å². The number of hydrogen-bond acceptors (Lipinski definition) is 4. The maximum absolute atomic E-state index is 14.0. The highest BCUT2D eigenvalue weighted by Gasteiger charge is 2.42. The summed E-state index contributed by atoms with van der Waals surface area (Å²) in [5.74, 6) is 0.264. The van der Waals surface area contributed by atoms with Crippen molar-refractivity contribution in [1.29, 1.82) is 0 Å². The van der Waals surface area contributed by atoms with Crippen LogP contribution in [0, 0.1) is 5.82 Å². The second kappa shape index (κ2) is 8.53. The second-order valence-corrected chi connectivity index (χ2v) is 8.75. The summed E-state index contributed by atoms with van der Waals surface area (Å²) in [6.45, 7) is 1.61. The molecule has 5 nitrogen and oxygen atoms in total. The largest absolute Gasteiger partial charge is 0.487 e. The van der Waals surface area contributed by atoms with Crippen LogP contribution in [0.4, 0.5) is 4.39 Å². The molecule has 1 spiro atoms. The van der Waals surface area contributed by atoms with Crippen molar-refractivity contribution in [3.63, 3.8) is 0 Å². The van der Waals surface area contributed by atoms with Gasteiger partial charge in [0.05, 0.1) is 30.8 Å². The van der Waals surface area contributed by atoms with Crippen molar-refractivity contribution in [1.82, 2.24) is 10.2 Å². The fraction of sp³-hybridized carbons (Fsp3) is 0.435. The molecule has 0 aliphatic carbocycles. The van der Waals surface area contributed by atoms with Gasteiger partial charge in [-0.25, -0.2) is 4.39 Å². The fourth-order valence-electron chi connectivity index (χ4n) is 4.23. The lowest BCUT2D eigenvalue weighted by Crippen LogP contribution is -2.49. The number of carbonyl (C=O) groups is 1. The number of likely N-dealkylation sites (N-methyl/N-ethyl adjacent to an activating group) is 1.